The van der Waals surface area contributed by atoms with E-state index in [-0.39, 0.29) is 53.4 Å². The van der Waals surface area contributed by atoms with Crippen molar-refractivity contribution in [2.45, 2.75) is 31.6 Å². The number of halogens is 2. The highest BCUT2D eigenvalue weighted by molar-refractivity contribution is 6.32. The summed E-state index contributed by atoms with van der Waals surface area (Å²) in [5, 5.41) is 14.4. The summed E-state index contributed by atoms with van der Waals surface area (Å²) in [4.78, 5) is 27.4. The van der Waals surface area contributed by atoms with Gasteiger partial charge in [0.05, 0.1) is 17.7 Å². The summed E-state index contributed by atoms with van der Waals surface area (Å²) in [5.41, 5.74) is 3.59. The fourth-order valence-electron chi connectivity index (χ4n) is 5.42. The second kappa shape index (κ2) is 12.3. The van der Waals surface area contributed by atoms with Crippen LogP contribution in [-0.4, -0.2) is 37.2 Å². The number of allylic oxidation sites excluding steroid dienone is 3. The third kappa shape index (κ3) is 6.06. The number of carbonyl (C=O) groups excluding carboxylic acids is 2. The van der Waals surface area contributed by atoms with E-state index in [2.05, 4.69) is 5.32 Å². The lowest BCUT2D eigenvalue weighted by atomic mass is 9.71. The van der Waals surface area contributed by atoms with Gasteiger partial charge in [0.1, 0.15) is 19.0 Å². The van der Waals surface area contributed by atoms with E-state index in [0.717, 1.165) is 11.3 Å². The number of hydrogen-bond acceptors (Lipinski definition) is 7. The van der Waals surface area contributed by atoms with E-state index in [4.69, 9.17) is 37.4 Å². The molecule has 41 heavy (non-hydrogen) atoms. The standard InChI is InChI=1S/C32H29Cl2NO6/c1-18-28(32(38)41-13-12-40-23-6-4-3-5-7-23)29(21-14-24(34)31(37)27(17-21)39-2)30-25(35-18)15-20(16-26(30)36)19-8-10-22(33)11-9-19/h3-11,14,17,20,29,35,37H,12-13,15-16H2,1-2H3. The molecule has 0 saturated heterocycles. The van der Waals surface area contributed by atoms with Crippen molar-refractivity contribution in [2.24, 2.45) is 0 Å². The first-order valence-electron chi connectivity index (χ1n) is 13.2. The van der Waals surface area contributed by atoms with Crippen molar-refractivity contribution in [3.05, 3.63) is 110 Å². The molecule has 0 saturated carbocycles. The zero-order valence-corrected chi connectivity index (χ0v) is 24.1. The summed E-state index contributed by atoms with van der Waals surface area (Å²) >= 11 is 12.4. The summed E-state index contributed by atoms with van der Waals surface area (Å²) in [7, 11) is 1.41. The number of aromatic hydroxyl groups is 1. The van der Waals surface area contributed by atoms with Gasteiger partial charge in [-0.15, -0.1) is 0 Å². The highest BCUT2D eigenvalue weighted by atomic mass is 35.5. The molecule has 2 N–H and O–H groups in total. The van der Waals surface area contributed by atoms with Crippen LogP contribution in [0.15, 0.2) is 89.3 Å². The molecule has 212 valence electrons. The number of phenolic OH excluding ortho intramolecular Hbond substituents is 1. The van der Waals surface area contributed by atoms with Crippen LogP contribution in [0.2, 0.25) is 10.0 Å². The number of para-hydroxylation sites is 1. The van der Waals surface area contributed by atoms with E-state index in [1.54, 1.807) is 19.1 Å². The van der Waals surface area contributed by atoms with E-state index in [0.29, 0.717) is 34.0 Å². The largest absolute Gasteiger partial charge is 0.503 e. The molecule has 1 aliphatic carbocycles. The molecule has 2 unspecified atom stereocenters. The fraction of sp³-hybridized carbons (Fsp3) is 0.250. The Morgan fingerprint density at radius 3 is 2.44 bits per heavy atom. The van der Waals surface area contributed by atoms with Crippen molar-refractivity contribution in [3.8, 4) is 17.2 Å². The highest BCUT2D eigenvalue weighted by Crippen LogP contribution is 2.48. The molecule has 0 radical (unpaired) electrons. The van der Waals surface area contributed by atoms with E-state index in [1.165, 1.54) is 7.11 Å². The molecule has 0 fully saturated rings. The minimum Gasteiger partial charge on any atom is -0.503 e. The Morgan fingerprint density at radius 2 is 1.73 bits per heavy atom. The van der Waals surface area contributed by atoms with Gasteiger partial charge in [0, 0.05) is 34.3 Å². The summed E-state index contributed by atoms with van der Waals surface area (Å²) in [6.45, 7) is 1.95. The molecule has 1 heterocycles. The molecule has 0 bridgehead atoms. The van der Waals surface area contributed by atoms with Gasteiger partial charge in [-0.1, -0.05) is 53.5 Å². The van der Waals surface area contributed by atoms with Crippen LogP contribution in [0.25, 0.3) is 0 Å². The van der Waals surface area contributed by atoms with Crippen LogP contribution < -0.4 is 14.8 Å². The van der Waals surface area contributed by atoms with Gasteiger partial charge in [-0.2, -0.15) is 0 Å². The monoisotopic (exact) mass is 593 g/mol. The van der Waals surface area contributed by atoms with Gasteiger partial charge < -0.3 is 24.6 Å². The molecular formula is C32H29Cl2NO6. The average Bonchev–Trinajstić information content (AvgIpc) is 2.96. The van der Waals surface area contributed by atoms with Crippen LogP contribution in [0.5, 0.6) is 17.2 Å². The Morgan fingerprint density at radius 1 is 1.00 bits per heavy atom. The fourth-order valence-corrected chi connectivity index (χ4v) is 5.76. The molecule has 0 aromatic heterocycles. The van der Waals surface area contributed by atoms with Gasteiger partial charge in [0.15, 0.2) is 17.3 Å². The topological polar surface area (TPSA) is 94.1 Å². The normalized spacial score (nSPS) is 18.5. The Bertz CT molecular complexity index is 1530. The summed E-state index contributed by atoms with van der Waals surface area (Å²) < 4.78 is 16.6. The van der Waals surface area contributed by atoms with Crippen LogP contribution in [0.3, 0.4) is 0 Å². The molecule has 0 amide bonds. The minimum atomic E-state index is -0.778. The van der Waals surface area contributed by atoms with Crippen LogP contribution in [0, 0.1) is 0 Å². The minimum absolute atomic E-state index is 0.00930. The second-order valence-corrected chi connectivity index (χ2v) is 10.8. The maximum Gasteiger partial charge on any atom is 0.336 e. The maximum absolute atomic E-state index is 13.8. The zero-order valence-electron chi connectivity index (χ0n) is 22.6. The number of methoxy groups -OCH3 is 1. The average molecular weight is 594 g/mol. The molecule has 1 aliphatic heterocycles. The third-order valence-electron chi connectivity index (χ3n) is 7.32. The van der Waals surface area contributed by atoms with E-state index in [1.807, 2.05) is 54.6 Å². The molecule has 0 spiro atoms. The number of phenols is 1. The Labute approximate surface area is 248 Å². The lowest BCUT2D eigenvalue weighted by Gasteiger charge is -2.37. The van der Waals surface area contributed by atoms with Crippen molar-refractivity contribution < 1.29 is 28.9 Å². The molecule has 9 heteroatoms. The maximum atomic E-state index is 13.8. The Hall–Kier alpha value is -3.94. The smallest absolute Gasteiger partial charge is 0.336 e. The van der Waals surface area contributed by atoms with Crippen molar-refractivity contribution in [1.82, 2.24) is 5.32 Å². The van der Waals surface area contributed by atoms with Crippen molar-refractivity contribution in [2.75, 3.05) is 20.3 Å². The number of rotatable bonds is 8. The summed E-state index contributed by atoms with van der Waals surface area (Å²) in [6.07, 6.45) is 0.820. The zero-order chi connectivity index (χ0) is 29.1. The first-order valence-corrected chi connectivity index (χ1v) is 13.9. The number of dihydropyridines is 1. The number of nitrogens with one attached hydrogen (secondary N) is 1. The van der Waals surface area contributed by atoms with Gasteiger partial charge in [-0.3, -0.25) is 4.79 Å². The van der Waals surface area contributed by atoms with Gasteiger partial charge in [0.2, 0.25) is 0 Å². The number of ketones is 1. The second-order valence-electron chi connectivity index (χ2n) is 9.92. The first-order chi connectivity index (χ1) is 19.8. The van der Waals surface area contributed by atoms with Gasteiger partial charge in [-0.05, 0) is 66.8 Å². The number of ether oxygens (including phenoxy) is 3. The van der Waals surface area contributed by atoms with Crippen molar-refractivity contribution in [1.29, 1.82) is 0 Å². The quantitative estimate of drug-likeness (QED) is 0.222. The van der Waals surface area contributed by atoms with E-state index in [9.17, 15) is 14.7 Å². The first kappa shape index (κ1) is 28.6. The van der Waals surface area contributed by atoms with Crippen LogP contribution in [-0.2, 0) is 14.3 Å². The van der Waals surface area contributed by atoms with E-state index >= 15 is 0 Å². The van der Waals surface area contributed by atoms with Gasteiger partial charge in [0.25, 0.3) is 0 Å². The lowest BCUT2D eigenvalue weighted by molar-refractivity contribution is -0.140. The highest BCUT2D eigenvalue weighted by Gasteiger charge is 2.42. The van der Waals surface area contributed by atoms with Gasteiger partial charge in [-0.25, -0.2) is 4.79 Å². The predicted octanol–water partition coefficient (Wildman–Crippen LogP) is 6.69. The van der Waals surface area contributed by atoms with E-state index < -0.39 is 11.9 Å². The lowest BCUT2D eigenvalue weighted by Crippen LogP contribution is -2.36. The number of hydrogen-bond donors (Lipinski definition) is 2. The van der Waals surface area contributed by atoms with Crippen molar-refractivity contribution >= 4 is 35.0 Å². The molecule has 7 nitrogen and oxygen atoms in total. The molecule has 5 rings (SSSR count). The number of carbonyl (C=O) groups is 2. The number of Topliss-reactive ketones (excluding diaryl/α,β-unsaturated/α-hetero) is 1. The van der Waals surface area contributed by atoms with Gasteiger partial charge >= 0.3 is 5.97 Å². The van der Waals surface area contributed by atoms with Crippen LogP contribution in [0.4, 0.5) is 0 Å². The number of benzene rings is 3. The Kier molecular flexibility index (Phi) is 8.57. The summed E-state index contributed by atoms with van der Waals surface area (Å²) in [5.74, 6) is -0.935. The molecule has 3 aromatic rings. The molecular weight excluding hydrogens is 565 g/mol. The third-order valence-corrected chi connectivity index (χ3v) is 7.86. The van der Waals surface area contributed by atoms with Crippen LogP contribution in [0.1, 0.15) is 42.7 Å². The molecule has 2 aliphatic rings. The summed E-state index contributed by atoms with van der Waals surface area (Å²) in [6, 6.07) is 19.9. The number of esters is 1. The Balaban J connectivity index is 1.48. The SMILES string of the molecule is COc1cc(C2C(C(=O)OCCOc3ccccc3)=C(C)NC3=C2C(=O)CC(c2ccc(Cl)cc2)C3)cc(Cl)c1O. The van der Waals surface area contributed by atoms with Crippen molar-refractivity contribution in [3.63, 3.8) is 0 Å². The van der Waals surface area contributed by atoms with Crippen LogP contribution >= 0.6 is 23.2 Å². The predicted molar refractivity (Wildman–Crippen MR) is 157 cm³/mol. The molecule has 2 atom stereocenters. The molecule has 3 aromatic carbocycles.